The van der Waals surface area contributed by atoms with Gasteiger partial charge in [0.1, 0.15) is 5.82 Å². The van der Waals surface area contributed by atoms with E-state index in [-0.39, 0.29) is 5.92 Å². The van der Waals surface area contributed by atoms with E-state index in [1.807, 2.05) is 18.3 Å². The van der Waals surface area contributed by atoms with Crippen LogP contribution in [0.15, 0.2) is 30.6 Å². The summed E-state index contributed by atoms with van der Waals surface area (Å²) >= 11 is 6.30. The molecule has 3 aromatic heterocycles. The number of nitrogens with one attached hydrogen (secondary N) is 3. The van der Waals surface area contributed by atoms with Crippen molar-refractivity contribution in [1.29, 1.82) is 0 Å². The highest BCUT2D eigenvalue weighted by Gasteiger charge is 2.18. The van der Waals surface area contributed by atoms with Crippen LogP contribution in [0.5, 0.6) is 0 Å². The third kappa shape index (κ3) is 4.77. The number of aromatic nitrogens is 5. The zero-order valence-corrected chi connectivity index (χ0v) is 18.2. The summed E-state index contributed by atoms with van der Waals surface area (Å²) in [6.07, 6.45) is 3.61. The second-order valence-corrected chi connectivity index (χ2v) is 8.35. The molecule has 4 heterocycles. The summed E-state index contributed by atoms with van der Waals surface area (Å²) in [5.74, 6) is 1.42. The second-order valence-electron chi connectivity index (χ2n) is 7.99. The lowest BCUT2D eigenvalue weighted by Crippen LogP contribution is -2.48. The summed E-state index contributed by atoms with van der Waals surface area (Å²) in [6, 6.07) is 6.41. The van der Waals surface area contributed by atoms with Gasteiger partial charge >= 0.3 is 0 Å². The smallest absolute Gasteiger partial charge is 0.228 e. The molecule has 4 rings (SSSR count). The molecule has 30 heavy (non-hydrogen) atoms. The fourth-order valence-corrected chi connectivity index (χ4v) is 3.91. The molecule has 1 aliphatic heterocycles. The first-order valence-corrected chi connectivity index (χ1v) is 10.6. The number of aromatic amines is 1. The van der Waals surface area contributed by atoms with Crippen molar-refractivity contribution in [3.05, 3.63) is 47.0 Å². The largest absolute Gasteiger partial charge is 0.312 e. The third-order valence-electron chi connectivity index (χ3n) is 5.16. The van der Waals surface area contributed by atoms with Gasteiger partial charge in [0.25, 0.3) is 0 Å². The lowest BCUT2D eigenvalue weighted by Gasteiger charge is -2.31. The van der Waals surface area contributed by atoms with Gasteiger partial charge in [0.15, 0.2) is 5.15 Å². The summed E-state index contributed by atoms with van der Waals surface area (Å²) in [5, 5.41) is 14.2. The second kappa shape index (κ2) is 9.07. The average Bonchev–Trinajstić information content (AvgIpc) is 3.12. The zero-order chi connectivity index (χ0) is 21.1. The highest BCUT2D eigenvalue weighted by Crippen LogP contribution is 2.32. The van der Waals surface area contributed by atoms with Crippen LogP contribution in [0.1, 0.15) is 37.9 Å². The van der Waals surface area contributed by atoms with Gasteiger partial charge in [-0.05, 0) is 30.5 Å². The SMILES string of the molecule is CC(C)c1[nH]nc(Cl)c1-c1ccnc(Nc2ccc(CN3CCN[C@H](C)C3)cn2)n1. The Bertz CT molecular complexity index is 985. The first-order valence-electron chi connectivity index (χ1n) is 10.2. The molecule has 8 nitrogen and oxygen atoms in total. The highest BCUT2D eigenvalue weighted by atomic mass is 35.5. The van der Waals surface area contributed by atoms with Crippen LogP contribution >= 0.6 is 11.6 Å². The van der Waals surface area contributed by atoms with Gasteiger partial charge in [-0.3, -0.25) is 10.00 Å². The minimum absolute atomic E-state index is 0.249. The van der Waals surface area contributed by atoms with E-state index in [9.17, 15) is 0 Å². The van der Waals surface area contributed by atoms with Crippen molar-refractivity contribution in [2.45, 2.75) is 39.3 Å². The van der Waals surface area contributed by atoms with Crippen LogP contribution in [0.3, 0.4) is 0 Å². The van der Waals surface area contributed by atoms with Gasteiger partial charge in [0, 0.05) is 50.3 Å². The summed E-state index contributed by atoms with van der Waals surface area (Å²) in [7, 11) is 0. The summed E-state index contributed by atoms with van der Waals surface area (Å²) < 4.78 is 0. The Morgan fingerprint density at radius 2 is 2.13 bits per heavy atom. The number of halogens is 1. The van der Waals surface area contributed by atoms with Gasteiger partial charge in [-0.25, -0.2) is 15.0 Å². The summed E-state index contributed by atoms with van der Waals surface area (Å²) in [6.45, 7) is 10.4. The third-order valence-corrected chi connectivity index (χ3v) is 5.44. The molecule has 1 atom stereocenters. The monoisotopic (exact) mass is 426 g/mol. The minimum atomic E-state index is 0.249. The van der Waals surface area contributed by atoms with Crippen molar-refractivity contribution in [2.24, 2.45) is 0 Å². The Morgan fingerprint density at radius 3 is 2.87 bits per heavy atom. The van der Waals surface area contributed by atoms with E-state index in [2.05, 4.69) is 67.5 Å². The zero-order valence-electron chi connectivity index (χ0n) is 17.5. The molecule has 0 bridgehead atoms. The summed E-state index contributed by atoms with van der Waals surface area (Å²) in [4.78, 5) is 15.9. The number of piperazine rings is 1. The van der Waals surface area contributed by atoms with E-state index in [0.717, 1.165) is 43.1 Å². The molecule has 9 heteroatoms. The minimum Gasteiger partial charge on any atom is -0.312 e. The summed E-state index contributed by atoms with van der Waals surface area (Å²) in [5.41, 5.74) is 3.68. The Hall–Kier alpha value is -2.55. The van der Waals surface area contributed by atoms with Crippen LogP contribution in [0.2, 0.25) is 5.15 Å². The Morgan fingerprint density at radius 1 is 1.27 bits per heavy atom. The van der Waals surface area contributed by atoms with Crippen molar-refractivity contribution in [3.63, 3.8) is 0 Å². The molecule has 0 aromatic carbocycles. The van der Waals surface area contributed by atoms with Crippen LogP contribution in [0, 0.1) is 0 Å². The molecular formula is C21H27ClN8. The first-order chi connectivity index (χ1) is 14.5. The van der Waals surface area contributed by atoms with Crippen LogP contribution < -0.4 is 10.6 Å². The Kier molecular flexibility index (Phi) is 6.26. The number of hydrogen-bond donors (Lipinski definition) is 3. The van der Waals surface area contributed by atoms with Crippen molar-refractivity contribution < 1.29 is 0 Å². The van der Waals surface area contributed by atoms with Crippen LogP contribution in [0.25, 0.3) is 11.3 Å². The molecule has 0 radical (unpaired) electrons. The van der Waals surface area contributed by atoms with Crippen LogP contribution in [-0.4, -0.2) is 55.7 Å². The number of anilines is 2. The maximum Gasteiger partial charge on any atom is 0.228 e. The van der Waals surface area contributed by atoms with Gasteiger partial charge in [-0.2, -0.15) is 5.10 Å². The normalized spacial score (nSPS) is 17.4. The van der Waals surface area contributed by atoms with E-state index in [0.29, 0.717) is 23.0 Å². The van der Waals surface area contributed by atoms with Crippen molar-refractivity contribution >= 4 is 23.4 Å². The molecule has 158 valence electrons. The molecule has 1 saturated heterocycles. The molecule has 3 aromatic rings. The fourth-order valence-electron chi connectivity index (χ4n) is 3.67. The predicted octanol–water partition coefficient (Wildman–Crippen LogP) is 3.58. The van der Waals surface area contributed by atoms with E-state index in [1.165, 1.54) is 5.56 Å². The van der Waals surface area contributed by atoms with E-state index in [4.69, 9.17) is 11.6 Å². The number of rotatable bonds is 6. The number of nitrogens with zero attached hydrogens (tertiary/aromatic N) is 5. The number of hydrogen-bond acceptors (Lipinski definition) is 7. The maximum absolute atomic E-state index is 6.30. The lowest BCUT2D eigenvalue weighted by molar-refractivity contribution is 0.199. The van der Waals surface area contributed by atoms with Gasteiger partial charge < -0.3 is 10.6 Å². The lowest BCUT2D eigenvalue weighted by atomic mass is 10.0. The van der Waals surface area contributed by atoms with Gasteiger partial charge in [-0.15, -0.1) is 0 Å². The average molecular weight is 427 g/mol. The molecular weight excluding hydrogens is 400 g/mol. The van der Waals surface area contributed by atoms with E-state index >= 15 is 0 Å². The topological polar surface area (TPSA) is 94.7 Å². The molecule has 0 amide bonds. The van der Waals surface area contributed by atoms with Gasteiger partial charge in [-0.1, -0.05) is 31.5 Å². The van der Waals surface area contributed by atoms with Crippen molar-refractivity contribution in [3.8, 4) is 11.3 Å². The number of pyridine rings is 1. The molecule has 0 spiro atoms. The predicted molar refractivity (Wildman–Crippen MR) is 119 cm³/mol. The Balaban J connectivity index is 1.46. The molecule has 1 aliphatic rings. The molecule has 3 N–H and O–H groups in total. The standard InChI is InChI=1S/C21H27ClN8/c1-13(2)19-18(20(22)29-28-19)16-6-7-24-21(26-16)27-17-5-4-15(10-25-17)12-30-9-8-23-14(3)11-30/h4-7,10,13-14,23H,8-9,11-12H2,1-3H3,(H,28,29)(H,24,25,26,27)/t14-/m1/s1. The van der Waals surface area contributed by atoms with Crippen molar-refractivity contribution in [1.82, 2.24) is 35.4 Å². The van der Waals surface area contributed by atoms with E-state index in [1.54, 1.807) is 6.20 Å². The van der Waals surface area contributed by atoms with Gasteiger partial charge in [0.05, 0.1) is 11.3 Å². The fraction of sp³-hybridized carbons (Fsp3) is 0.429. The number of H-pyrrole nitrogens is 1. The van der Waals surface area contributed by atoms with Crippen LogP contribution in [-0.2, 0) is 6.54 Å². The maximum atomic E-state index is 6.30. The molecule has 0 aliphatic carbocycles. The van der Waals surface area contributed by atoms with Gasteiger partial charge in [0.2, 0.25) is 5.95 Å². The molecule has 1 fully saturated rings. The highest BCUT2D eigenvalue weighted by molar-refractivity contribution is 6.32. The molecule has 0 saturated carbocycles. The van der Waals surface area contributed by atoms with Crippen molar-refractivity contribution in [2.75, 3.05) is 25.0 Å². The molecule has 0 unspecified atom stereocenters. The first kappa shape index (κ1) is 20.7. The quantitative estimate of drug-likeness (QED) is 0.554. The Labute approximate surface area is 181 Å². The van der Waals surface area contributed by atoms with Crippen LogP contribution in [0.4, 0.5) is 11.8 Å². The van der Waals surface area contributed by atoms with E-state index < -0.39 is 0 Å².